The first-order valence-electron chi connectivity index (χ1n) is 11.5. The van der Waals surface area contributed by atoms with Crippen molar-refractivity contribution in [2.75, 3.05) is 0 Å². The van der Waals surface area contributed by atoms with Crippen molar-refractivity contribution in [1.82, 2.24) is 5.32 Å². The molecule has 2 aromatic rings. The Morgan fingerprint density at radius 2 is 1.82 bits per heavy atom. The third-order valence-corrected chi connectivity index (χ3v) is 7.61. The Labute approximate surface area is 198 Å². The highest BCUT2D eigenvalue weighted by molar-refractivity contribution is 7.16. The van der Waals surface area contributed by atoms with E-state index < -0.39 is 17.4 Å². The molecule has 0 unspecified atom stereocenters. The Kier molecular flexibility index (Phi) is 8.26. The number of primary amides is 2. The Balaban J connectivity index is 1.77. The summed E-state index contributed by atoms with van der Waals surface area (Å²) in [6.07, 6.45) is 5.41. The zero-order valence-corrected chi connectivity index (χ0v) is 20.1. The van der Waals surface area contributed by atoms with Gasteiger partial charge in [0.1, 0.15) is 11.6 Å². The van der Waals surface area contributed by atoms with Crippen LogP contribution in [-0.2, 0) is 27.3 Å². The SMILES string of the molecule is CCC(CC)(NCc1cccc(-c2cc(C(N)=O)c(CC(N)=O)s2)c1)C(=O)OC1CCCC1. The van der Waals surface area contributed by atoms with Gasteiger partial charge in [-0.05, 0) is 61.8 Å². The van der Waals surface area contributed by atoms with Gasteiger partial charge < -0.3 is 16.2 Å². The summed E-state index contributed by atoms with van der Waals surface area (Å²) in [7, 11) is 0. The van der Waals surface area contributed by atoms with Gasteiger partial charge in [0.05, 0.1) is 12.0 Å². The van der Waals surface area contributed by atoms with Crippen molar-refractivity contribution in [3.8, 4) is 10.4 Å². The molecule has 2 amide bonds. The van der Waals surface area contributed by atoms with Gasteiger partial charge in [-0.15, -0.1) is 11.3 Å². The van der Waals surface area contributed by atoms with Gasteiger partial charge in [0, 0.05) is 16.3 Å². The van der Waals surface area contributed by atoms with E-state index in [1.165, 1.54) is 11.3 Å². The first-order valence-corrected chi connectivity index (χ1v) is 12.4. The van der Waals surface area contributed by atoms with E-state index in [0.29, 0.717) is 29.8 Å². The van der Waals surface area contributed by atoms with Crippen LogP contribution in [0.3, 0.4) is 0 Å². The monoisotopic (exact) mass is 471 g/mol. The minimum Gasteiger partial charge on any atom is -0.461 e. The number of carbonyl (C=O) groups excluding carboxylic acids is 3. The van der Waals surface area contributed by atoms with Crippen molar-refractivity contribution in [3.63, 3.8) is 0 Å². The van der Waals surface area contributed by atoms with Crippen molar-refractivity contribution < 1.29 is 19.1 Å². The van der Waals surface area contributed by atoms with Crippen molar-refractivity contribution in [1.29, 1.82) is 0 Å². The number of amides is 2. The number of nitrogens with one attached hydrogen (secondary N) is 1. The standard InChI is InChI=1S/C25H33N3O4S/c1-3-25(4-2,24(31)32-18-10-5-6-11-18)28-15-16-8-7-9-17(12-16)20-13-19(23(27)30)21(33-20)14-22(26)29/h7-9,12-13,18,28H,3-6,10-11,14-15H2,1-2H3,(H2,26,29)(H2,27,30). The fraction of sp³-hybridized carbons (Fsp3) is 0.480. The lowest BCUT2D eigenvalue weighted by Gasteiger charge is -2.32. The number of esters is 1. The Bertz CT molecular complexity index is 1010. The molecule has 178 valence electrons. The molecule has 1 heterocycles. The topological polar surface area (TPSA) is 125 Å². The van der Waals surface area contributed by atoms with Gasteiger partial charge in [0.15, 0.2) is 0 Å². The van der Waals surface area contributed by atoms with Gasteiger partial charge >= 0.3 is 5.97 Å². The summed E-state index contributed by atoms with van der Waals surface area (Å²) < 4.78 is 5.83. The molecule has 1 aromatic heterocycles. The molecular formula is C25H33N3O4S. The van der Waals surface area contributed by atoms with Crippen LogP contribution >= 0.6 is 11.3 Å². The molecule has 8 heteroatoms. The van der Waals surface area contributed by atoms with Crippen LogP contribution in [-0.4, -0.2) is 29.4 Å². The number of carbonyl (C=O) groups is 3. The average Bonchev–Trinajstić information content (AvgIpc) is 3.45. The lowest BCUT2D eigenvalue weighted by Crippen LogP contribution is -2.52. The van der Waals surface area contributed by atoms with Gasteiger partial charge in [0.2, 0.25) is 11.8 Å². The van der Waals surface area contributed by atoms with E-state index in [4.69, 9.17) is 16.2 Å². The van der Waals surface area contributed by atoms with E-state index in [2.05, 4.69) is 5.32 Å². The predicted octanol–water partition coefficient (Wildman–Crippen LogP) is 3.68. The van der Waals surface area contributed by atoms with Gasteiger partial charge in [-0.2, -0.15) is 0 Å². The lowest BCUT2D eigenvalue weighted by atomic mass is 9.92. The third kappa shape index (κ3) is 6.00. The molecule has 1 aromatic carbocycles. The summed E-state index contributed by atoms with van der Waals surface area (Å²) in [6, 6.07) is 9.58. The number of hydrogen-bond donors (Lipinski definition) is 3. The minimum absolute atomic E-state index is 0.0250. The molecule has 0 aliphatic heterocycles. The Hall–Kier alpha value is -2.71. The molecule has 5 N–H and O–H groups in total. The van der Waals surface area contributed by atoms with Crippen LogP contribution in [0.25, 0.3) is 10.4 Å². The van der Waals surface area contributed by atoms with Crippen molar-refractivity contribution >= 4 is 29.1 Å². The van der Waals surface area contributed by atoms with Gasteiger partial charge in [-0.3, -0.25) is 19.7 Å². The lowest BCUT2D eigenvalue weighted by molar-refractivity contribution is -0.157. The maximum absolute atomic E-state index is 13.0. The summed E-state index contributed by atoms with van der Waals surface area (Å²) in [5.41, 5.74) is 12.3. The predicted molar refractivity (Wildman–Crippen MR) is 130 cm³/mol. The van der Waals surface area contributed by atoms with Crippen LogP contribution in [0.1, 0.15) is 73.2 Å². The quantitative estimate of drug-likeness (QED) is 0.431. The molecule has 1 aliphatic rings. The fourth-order valence-corrected chi connectivity index (χ4v) is 5.48. The Morgan fingerprint density at radius 3 is 2.42 bits per heavy atom. The summed E-state index contributed by atoms with van der Waals surface area (Å²) >= 11 is 1.34. The molecule has 0 saturated heterocycles. The molecule has 1 fully saturated rings. The largest absolute Gasteiger partial charge is 0.461 e. The van der Waals surface area contributed by atoms with Crippen LogP contribution in [0.4, 0.5) is 0 Å². The molecule has 7 nitrogen and oxygen atoms in total. The highest BCUT2D eigenvalue weighted by Crippen LogP contribution is 2.33. The molecular weight excluding hydrogens is 438 g/mol. The number of benzene rings is 1. The average molecular weight is 472 g/mol. The van der Waals surface area contributed by atoms with Gasteiger partial charge in [-0.1, -0.05) is 32.0 Å². The number of nitrogens with two attached hydrogens (primary N) is 2. The summed E-state index contributed by atoms with van der Waals surface area (Å²) in [4.78, 5) is 37.6. The molecule has 0 bridgehead atoms. The van der Waals surface area contributed by atoms with Gasteiger partial charge in [0.25, 0.3) is 0 Å². The molecule has 1 aliphatic carbocycles. The second-order valence-electron chi connectivity index (χ2n) is 8.61. The van der Waals surface area contributed by atoms with E-state index in [0.717, 1.165) is 41.7 Å². The molecule has 0 atom stereocenters. The maximum atomic E-state index is 13.0. The zero-order valence-electron chi connectivity index (χ0n) is 19.3. The fourth-order valence-electron chi connectivity index (χ4n) is 4.31. The molecule has 0 spiro atoms. The highest BCUT2D eigenvalue weighted by Gasteiger charge is 2.37. The van der Waals surface area contributed by atoms with Crippen LogP contribution in [0.2, 0.25) is 0 Å². The van der Waals surface area contributed by atoms with Gasteiger partial charge in [-0.25, -0.2) is 0 Å². The van der Waals surface area contributed by atoms with Crippen LogP contribution in [0, 0.1) is 0 Å². The minimum atomic E-state index is -0.727. The zero-order chi connectivity index (χ0) is 24.0. The number of ether oxygens (including phenoxy) is 1. The number of rotatable bonds is 11. The van der Waals surface area contributed by atoms with Crippen LogP contribution < -0.4 is 16.8 Å². The van der Waals surface area contributed by atoms with Crippen molar-refractivity contribution in [3.05, 3.63) is 46.3 Å². The van der Waals surface area contributed by atoms with Crippen molar-refractivity contribution in [2.45, 2.75) is 77.0 Å². The summed E-state index contributed by atoms with van der Waals surface area (Å²) in [5.74, 6) is -1.26. The highest BCUT2D eigenvalue weighted by atomic mass is 32.1. The maximum Gasteiger partial charge on any atom is 0.326 e. The number of thiophene rings is 1. The van der Waals surface area contributed by atoms with E-state index in [9.17, 15) is 14.4 Å². The normalized spacial score (nSPS) is 14.4. The third-order valence-electron chi connectivity index (χ3n) is 6.43. The molecule has 1 saturated carbocycles. The molecule has 0 radical (unpaired) electrons. The second-order valence-corrected chi connectivity index (χ2v) is 9.75. The van der Waals surface area contributed by atoms with Crippen LogP contribution in [0.15, 0.2) is 30.3 Å². The Morgan fingerprint density at radius 1 is 1.12 bits per heavy atom. The summed E-state index contributed by atoms with van der Waals surface area (Å²) in [6.45, 7) is 4.50. The molecule has 3 rings (SSSR count). The summed E-state index contributed by atoms with van der Waals surface area (Å²) in [5, 5.41) is 3.46. The number of hydrogen-bond acceptors (Lipinski definition) is 6. The van der Waals surface area contributed by atoms with E-state index in [1.54, 1.807) is 6.07 Å². The van der Waals surface area contributed by atoms with E-state index >= 15 is 0 Å². The molecule has 33 heavy (non-hydrogen) atoms. The van der Waals surface area contributed by atoms with Crippen LogP contribution in [0.5, 0.6) is 0 Å². The van der Waals surface area contributed by atoms with Crippen molar-refractivity contribution in [2.24, 2.45) is 11.5 Å². The van der Waals surface area contributed by atoms with E-state index in [1.807, 2.05) is 38.1 Å². The smallest absolute Gasteiger partial charge is 0.326 e. The first-order chi connectivity index (χ1) is 15.8. The second kappa shape index (κ2) is 10.9. The first kappa shape index (κ1) is 24.9. The van der Waals surface area contributed by atoms with E-state index in [-0.39, 0.29) is 18.5 Å².